The van der Waals surface area contributed by atoms with Crippen LogP contribution in [-0.2, 0) is 32.7 Å². The van der Waals surface area contributed by atoms with Gasteiger partial charge >= 0.3 is 19.8 Å². The topological polar surface area (TPSA) is 134 Å². The molecule has 9 nitrogen and oxygen atoms in total. The van der Waals surface area contributed by atoms with Gasteiger partial charge in [0.05, 0.1) is 13.2 Å². The van der Waals surface area contributed by atoms with Crippen LogP contribution in [0.15, 0.2) is 219 Å². The van der Waals surface area contributed by atoms with E-state index in [0.29, 0.717) is 12.8 Å². The summed E-state index contributed by atoms with van der Waals surface area (Å²) in [6.07, 6.45) is 111. The quantitative estimate of drug-likeness (QED) is 0.0264. The first-order valence-corrected chi connectivity index (χ1v) is 35.7. The number of allylic oxidation sites excluding steroid dienone is 36. The van der Waals surface area contributed by atoms with Crippen LogP contribution in [0.4, 0.5) is 0 Å². The predicted octanol–water partition coefficient (Wildman–Crippen LogP) is 22.8. The zero-order chi connectivity index (χ0) is 64.4. The molecule has 2 atom stereocenters. The maximum atomic E-state index is 12.8. The van der Waals surface area contributed by atoms with Crippen LogP contribution < -0.4 is 5.73 Å². The van der Waals surface area contributed by atoms with Gasteiger partial charge in [0.2, 0.25) is 0 Å². The lowest BCUT2D eigenvalue weighted by molar-refractivity contribution is -0.161. The van der Waals surface area contributed by atoms with Crippen molar-refractivity contribution in [1.82, 2.24) is 0 Å². The van der Waals surface area contributed by atoms with Gasteiger partial charge in [-0.2, -0.15) is 0 Å². The van der Waals surface area contributed by atoms with Gasteiger partial charge in [-0.25, -0.2) is 4.57 Å². The van der Waals surface area contributed by atoms with Gasteiger partial charge in [0.25, 0.3) is 0 Å². The van der Waals surface area contributed by atoms with Gasteiger partial charge in [-0.3, -0.25) is 18.6 Å². The number of hydrogen-bond donors (Lipinski definition) is 2. The number of unbranched alkanes of at least 4 members (excludes halogenated alkanes) is 12. The van der Waals surface area contributed by atoms with E-state index in [1.807, 2.05) is 0 Å². The molecule has 0 aromatic heterocycles. The minimum absolute atomic E-state index is 0.0358. The second-order valence-corrected chi connectivity index (χ2v) is 23.0. The summed E-state index contributed by atoms with van der Waals surface area (Å²) in [6, 6.07) is 0. The standard InChI is InChI=1S/C79H122NO8P/c1-3-5-7-9-11-13-15-17-19-21-23-25-27-29-31-33-34-35-36-37-38-39-40-41-42-44-46-48-50-52-54-56-58-60-62-64-66-68-70-72-79(82)88-77(76-87-89(83,84)86-74-73-80)75-85-78(81)71-69-67-65-63-61-59-57-55-53-51-49-47-45-43-32-30-28-26-24-22-20-18-16-14-12-10-8-6-4-2/h5-8,11-14,17-20,23-26,29-32,34-35,37-38,40-41,44-47,50-53,56,58,77H,3-4,9-10,15-16,21-22,27-28,33,36,39,42-43,48-49,54-55,57,59-76,80H2,1-2H3,(H,83,84)/b7-5-,8-6-,13-11-,14-12-,19-17-,20-18-,25-23-,26-24-,31-29-,32-30-,35-34-,38-37-,41-40-,46-44-,47-45-,52-50-,53-51-,58-56-. The lowest BCUT2D eigenvalue weighted by Crippen LogP contribution is -2.29. The summed E-state index contributed by atoms with van der Waals surface area (Å²) >= 11 is 0. The Balaban J connectivity index is 4.08. The van der Waals surface area contributed by atoms with Crippen molar-refractivity contribution in [2.24, 2.45) is 5.73 Å². The number of phosphoric ester groups is 1. The van der Waals surface area contributed by atoms with Crippen molar-refractivity contribution in [2.75, 3.05) is 26.4 Å². The number of nitrogens with two attached hydrogens (primary N) is 1. The molecule has 0 bridgehead atoms. The molecule has 0 saturated heterocycles. The van der Waals surface area contributed by atoms with Crippen molar-refractivity contribution in [3.05, 3.63) is 219 Å². The van der Waals surface area contributed by atoms with Crippen LogP contribution in [0.25, 0.3) is 0 Å². The van der Waals surface area contributed by atoms with E-state index in [1.165, 1.54) is 19.3 Å². The fourth-order valence-corrected chi connectivity index (χ4v) is 9.15. The summed E-state index contributed by atoms with van der Waals surface area (Å²) in [4.78, 5) is 35.3. The minimum atomic E-state index is -4.42. The van der Waals surface area contributed by atoms with Crippen molar-refractivity contribution >= 4 is 19.8 Å². The van der Waals surface area contributed by atoms with Crippen molar-refractivity contribution in [3.8, 4) is 0 Å². The Morgan fingerprint density at radius 1 is 0.337 bits per heavy atom. The monoisotopic (exact) mass is 1240 g/mol. The number of esters is 2. The Bertz CT molecular complexity index is 2260. The smallest absolute Gasteiger partial charge is 0.462 e. The summed E-state index contributed by atoms with van der Waals surface area (Å²) < 4.78 is 33.1. The second-order valence-electron chi connectivity index (χ2n) is 21.6. The van der Waals surface area contributed by atoms with E-state index in [1.54, 1.807) is 0 Å². The Labute approximate surface area is 543 Å². The van der Waals surface area contributed by atoms with Crippen LogP contribution in [0.1, 0.15) is 232 Å². The molecule has 0 aliphatic heterocycles. The van der Waals surface area contributed by atoms with Crippen molar-refractivity contribution in [1.29, 1.82) is 0 Å². The SMILES string of the molecule is CC/C=C\C/C=C\C/C=C\C/C=C\C/C=C\C/C=C\C/C=C\C/C=C\C/C=C\C/C=C\C/C=C\CCCCCCCC(=O)OC(COC(=O)CCCCCCCCC/C=C\C/C=C\C/C=C\C/C=C\C/C=C\C/C=C\C/C=C\CC)COP(=O)(O)OCCN. The number of ether oxygens (including phenoxy) is 2. The molecule has 10 heteroatoms. The number of carbonyl (C=O) groups is 2. The molecular weight excluding hydrogens is 1120 g/mol. The van der Waals surface area contributed by atoms with Crippen molar-refractivity contribution in [3.63, 3.8) is 0 Å². The van der Waals surface area contributed by atoms with Crippen LogP contribution in [0.3, 0.4) is 0 Å². The molecule has 89 heavy (non-hydrogen) atoms. The van der Waals surface area contributed by atoms with E-state index in [4.69, 9.17) is 24.3 Å². The van der Waals surface area contributed by atoms with Crippen LogP contribution in [0.2, 0.25) is 0 Å². The van der Waals surface area contributed by atoms with Crippen molar-refractivity contribution < 1.29 is 37.6 Å². The van der Waals surface area contributed by atoms with Crippen LogP contribution in [0.5, 0.6) is 0 Å². The molecule has 0 radical (unpaired) electrons. The lowest BCUT2D eigenvalue weighted by Gasteiger charge is -2.19. The number of rotatable bonds is 61. The third-order valence-corrected chi connectivity index (χ3v) is 14.3. The minimum Gasteiger partial charge on any atom is -0.462 e. The van der Waals surface area contributed by atoms with Gasteiger partial charge in [0.1, 0.15) is 6.61 Å². The highest BCUT2D eigenvalue weighted by Crippen LogP contribution is 2.43. The molecule has 0 rings (SSSR count). The van der Waals surface area contributed by atoms with E-state index in [-0.39, 0.29) is 32.6 Å². The van der Waals surface area contributed by atoms with E-state index in [9.17, 15) is 19.0 Å². The highest BCUT2D eigenvalue weighted by molar-refractivity contribution is 7.47. The number of phosphoric acid groups is 1. The average molecular weight is 1240 g/mol. The first-order chi connectivity index (χ1) is 43.8. The van der Waals surface area contributed by atoms with Crippen LogP contribution in [-0.4, -0.2) is 49.3 Å². The van der Waals surface area contributed by atoms with Gasteiger partial charge in [-0.1, -0.05) is 284 Å². The molecule has 2 unspecified atom stereocenters. The summed E-state index contributed by atoms with van der Waals surface area (Å²) in [7, 11) is -4.42. The van der Waals surface area contributed by atoms with Gasteiger partial charge in [0, 0.05) is 19.4 Å². The van der Waals surface area contributed by atoms with Gasteiger partial charge in [-0.05, 0) is 154 Å². The molecule has 0 amide bonds. The summed E-state index contributed by atoms with van der Waals surface area (Å²) in [5, 5.41) is 0. The highest BCUT2D eigenvalue weighted by atomic mass is 31.2. The zero-order valence-corrected chi connectivity index (χ0v) is 56.5. The molecule has 0 spiro atoms. The van der Waals surface area contributed by atoms with E-state index >= 15 is 0 Å². The first-order valence-electron chi connectivity index (χ1n) is 34.2. The van der Waals surface area contributed by atoms with E-state index in [2.05, 4.69) is 233 Å². The number of carbonyl (C=O) groups excluding carboxylic acids is 2. The van der Waals surface area contributed by atoms with Gasteiger partial charge in [0.15, 0.2) is 6.10 Å². The van der Waals surface area contributed by atoms with Crippen LogP contribution in [0, 0.1) is 0 Å². The third kappa shape index (κ3) is 71.3. The van der Waals surface area contributed by atoms with E-state index < -0.39 is 32.5 Å². The Hall–Kier alpha value is -5.67. The molecular formula is C79H122NO8P. The maximum Gasteiger partial charge on any atom is 0.472 e. The first kappa shape index (κ1) is 83.3. The van der Waals surface area contributed by atoms with Crippen LogP contribution >= 0.6 is 7.82 Å². The molecule has 0 saturated carbocycles. The Kier molecular flexibility index (Phi) is 66.9. The third-order valence-electron chi connectivity index (χ3n) is 13.4. The maximum absolute atomic E-state index is 12.8. The number of hydrogen-bond acceptors (Lipinski definition) is 8. The molecule has 0 heterocycles. The Morgan fingerprint density at radius 3 is 0.865 bits per heavy atom. The largest absolute Gasteiger partial charge is 0.472 e. The highest BCUT2D eigenvalue weighted by Gasteiger charge is 2.26. The van der Waals surface area contributed by atoms with Gasteiger partial charge in [-0.15, -0.1) is 0 Å². The molecule has 0 fully saturated rings. The fourth-order valence-electron chi connectivity index (χ4n) is 8.38. The molecule has 0 aromatic rings. The van der Waals surface area contributed by atoms with Gasteiger partial charge < -0.3 is 20.1 Å². The molecule has 496 valence electrons. The lowest BCUT2D eigenvalue weighted by atomic mass is 10.1. The molecule has 0 aromatic carbocycles. The normalized spacial score (nSPS) is 14.3. The summed E-state index contributed by atoms with van der Waals surface area (Å²) in [6.45, 7) is 3.45. The molecule has 0 aliphatic rings. The van der Waals surface area contributed by atoms with Crippen molar-refractivity contribution in [2.45, 2.75) is 238 Å². The summed E-state index contributed by atoms with van der Waals surface area (Å²) in [5.74, 6) is -0.881. The Morgan fingerprint density at radius 2 is 0.584 bits per heavy atom. The second kappa shape index (κ2) is 71.4. The summed E-state index contributed by atoms with van der Waals surface area (Å²) in [5.41, 5.74) is 5.39. The van der Waals surface area contributed by atoms with E-state index in [0.717, 1.165) is 173 Å². The molecule has 0 aliphatic carbocycles. The predicted molar refractivity (Wildman–Crippen MR) is 384 cm³/mol. The average Bonchev–Trinajstić information content (AvgIpc) is 3.68. The fraction of sp³-hybridized carbons (Fsp3) is 0.519. The molecule has 3 N–H and O–H groups in total. The zero-order valence-electron chi connectivity index (χ0n) is 55.6.